The van der Waals surface area contributed by atoms with E-state index in [0.717, 1.165) is 21.6 Å². The lowest BCUT2D eigenvalue weighted by Gasteiger charge is -2.51. The Kier molecular flexibility index (Phi) is 8.09. The first kappa shape index (κ1) is 31.4. The fraction of sp³-hybridized carbons (Fsp3) is 0.212. The van der Waals surface area contributed by atoms with Crippen LogP contribution in [0.4, 0.5) is 5.13 Å². The number of fused-ring (bicyclic) bond motifs is 1. The SMILES string of the molecule is CON1C2C(CBr)=C(C(=O)O)N3C(=O)[C@]1(NC(=O)Cc1csc(NC(c4ccccc4)(c4ccccc4)c4ccccc4)n1)[C@H]3[S@]2=O. The van der Waals surface area contributed by atoms with Crippen LogP contribution in [0.3, 0.4) is 0 Å². The molecule has 3 aliphatic heterocycles. The van der Waals surface area contributed by atoms with Crippen LogP contribution in [0.2, 0.25) is 0 Å². The van der Waals surface area contributed by atoms with Gasteiger partial charge >= 0.3 is 5.97 Å². The van der Waals surface area contributed by atoms with Crippen LogP contribution in [-0.4, -0.2) is 70.9 Å². The van der Waals surface area contributed by atoms with Gasteiger partial charge in [0.2, 0.25) is 11.6 Å². The maximum absolute atomic E-state index is 13.6. The monoisotopic (exact) mass is 733 g/mol. The molecule has 0 saturated carbocycles. The van der Waals surface area contributed by atoms with E-state index in [1.54, 1.807) is 5.38 Å². The molecule has 7 rings (SSSR count). The summed E-state index contributed by atoms with van der Waals surface area (Å²) in [6, 6.07) is 30.2. The standard InChI is InChI=1S/C33H28BrN5O6S2/c1-45-39-27-24(18-34)26(28(41)42)38-29(43)33(39,30(38)47(27)44)36-25(40)17-23-19-46-31(35-23)37-32(20-11-5-2-6-12-20,21-13-7-3-8-14-21)22-15-9-4-10-16-22/h2-16,19,27,30H,17-18H2,1H3,(H,35,37)(H,36,40)(H,41,42)/t27?,30-,33-,47+/m1/s1. The maximum atomic E-state index is 13.6. The number of halogens is 1. The zero-order valence-electron chi connectivity index (χ0n) is 24.8. The highest BCUT2D eigenvalue weighted by molar-refractivity contribution is 9.09. The molecule has 11 nitrogen and oxygen atoms in total. The molecular formula is C33H28BrN5O6S2. The van der Waals surface area contributed by atoms with E-state index in [4.69, 9.17) is 9.82 Å². The summed E-state index contributed by atoms with van der Waals surface area (Å²) < 4.78 is 13.5. The first-order valence-corrected chi connectivity index (χ1v) is 17.8. The molecule has 1 unspecified atom stereocenters. The third-order valence-corrected chi connectivity index (χ3v) is 12.0. The Morgan fingerprint density at radius 1 is 1.02 bits per heavy atom. The molecular weight excluding hydrogens is 706 g/mol. The molecule has 2 saturated heterocycles. The minimum Gasteiger partial charge on any atom is -0.477 e. The number of alkyl halides is 1. The molecule has 2 fully saturated rings. The summed E-state index contributed by atoms with van der Waals surface area (Å²) in [5.74, 6) is -2.60. The van der Waals surface area contributed by atoms with E-state index in [9.17, 15) is 23.7 Å². The quantitative estimate of drug-likeness (QED) is 0.119. The number of thiazole rings is 1. The molecule has 2 amide bonds. The van der Waals surface area contributed by atoms with Gasteiger partial charge in [-0.2, -0.15) is 0 Å². The minimum atomic E-state index is -1.81. The van der Waals surface area contributed by atoms with E-state index in [2.05, 4.69) is 63.0 Å². The molecule has 3 aliphatic rings. The second-order valence-electron chi connectivity index (χ2n) is 11.1. The third kappa shape index (κ3) is 4.69. The Hall–Kier alpha value is -4.21. The van der Waals surface area contributed by atoms with Gasteiger partial charge in [0.25, 0.3) is 5.91 Å². The largest absolute Gasteiger partial charge is 0.477 e. The highest BCUT2D eigenvalue weighted by Gasteiger charge is 2.79. The first-order valence-electron chi connectivity index (χ1n) is 14.6. The molecule has 4 atom stereocenters. The van der Waals surface area contributed by atoms with Crippen molar-refractivity contribution in [3.63, 3.8) is 0 Å². The number of aromatic nitrogens is 1. The average molecular weight is 735 g/mol. The van der Waals surface area contributed by atoms with Crippen molar-refractivity contribution in [2.24, 2.45) is 0 Å². The van der Waals surface area contributed by atoms with Crippen molar-refractivity contribution in [1.82, 2.24) is 20.3 Å². The highest BCUT2D eigenvalue weighted by Crippen LogP contribution is 2.53. The second-order valence-corrected chi connectivity index (χ2v) is 14.1. The van der Waals surface area contributed by atoms with Gasteiger partial charge in [0.05, 0.1) is 30.0 Å². The highest BCUT2D eigenvalue weighted by atomic mass is 79.9. The van der Waals surface area contributed by atoms with Crippen LogP contribution in [0.25, 0.3) is 0 Å². The number of carboxylic acids is 1. The Labute approximate surface area is 284 Å². The molecule has 3 N–H and O–H groups in total. The van der Waals surface area contributed by atoms with E-state index >= 15 is 0 Å². The lowest BCUT2D eigenvalue weighted by atomic mass is 9.77. The number of nitrogens with zero attached hydrogens (tertiary/aromatic N) is 3. The maximum Gasteiger partial charge on any atom is 0.352 e. The number of rotatable bonds is 11. The number of hydroxylamine groups is 2. The molecule has 1 aromatic heterocycles. The average Bonchev–Trinajstić information content (AvgIpc) is 3.55. The van der Waals surface area contributed by atoms with Gasteiger partial charge in [-0.05, 0) is 16.7 Å². The number of carboxylic acid groups (broad SMARTS) is 1. The lowest BCUT2D eigenvalue weighted by molar-refractivity contribution is -0.234. The Balaban J connectivity index is 1.18. The van der Waals surface area contributed by atoms with Gasteiger partial charge in [0.1, 0.15) is 16.6 Å². The van der Waals surface area contributed by atoms with Gasteiger partial charge in [-0.1, -0.05) is 107 Å². The number of carbonyl (C=O) groups excluding carboxylic acids is 2. The summed E-state index contributed by atoms with van der Waals surface area (Å²) >= 11 is 4.62. The zero-order valence-corrected chi connectivity index (χ0v) is 28.1. The van der Waals surface area contributed by atoms with Gasteiger partial charge in [0, 0.05) is 16.3 Å². The predicted octanol–water partition coefficient (Wildman–Crippen LogP) is 3.77. The molecule has 2 bridgehead atoms. The summed E-state index contributed by atoms with van der Waals surface area (Å²) in [5.41, 5.74) is 0.795. The summed E-state index contributed by atoms with van der Waals surface area (Å²) in [4.78, 5) is 50.6. The van der Waals surface area contributed by atoms with Crippen LogP contribution in [0.15, 0.2) is 108 Å². The number of carbonyl (C=O) groups is 3. The van der Waals surface area contributed by atoms with Crippen LogP contribution >= 0.6 is 27.3 Å². The second kappa shape index (κ2) is 12.1. The van der Waals surface area contributed by atoms with Gasteiger partial charge < -0.3 is 15.7 Å². The smallest absolute Gasteiger partial charge is 0.352 e. The van der Waals surface area contributed by atoms with E-state index in [1.165, 1.54) is 23.5 Å². The zero-order chi connectivity index (χ0) is 32.9. The van der Waals surface area contributed by atoms with Crippen molar-refractivity contribution in [3.8, 4) is 0 Å². The van der Waals surface area contributed by atoms with Crippen molar-refractivity contribution in [2.45, 2.75) is 28.4 Å². The van der Waals surface area contributed by atoms with Crippen LogP contribution in [0.1, 0.15) is 22.4 Å². The fourth-order valence-corrected chi connectivity index (χ4v) is 10.5. The summed E-state index contributed by atoms with van der Waals surface area (Å²) in [5, 5.41) is 17.7. The fourth-order valence-electron chi connectivity index (χ4n) is 6.75. The molecule has 0 radical (unpaired) electrons. The van der Waals surface area contributed by atoms with Crippen molar-refractivity contribution < 1.29 is 28.5 Å². The molecule has 47 heavy (non-hydrogen) atoms. The van der Waals surface area contributed by atoms with E-state index in [-0.39, 0.29) is 23.0 Å². The Morgan fingerprint density at radius 3 is 2.06 bits per heavy atom. The number of aliphatic carboxylic acids is 1. The number of benzene rings is 3. The third-order valence-electron chi connectivity index (χ3n) is 8.66. The van der Waals surface area contributed by atoms with Gasteiger partial charge in [0.15, 0.2) is 10.5 Å². The normalized spacial score (nSPS) is 23.4. The molecule has 4 aromatic rings. The van der Waals surface area contributed by atoms with E-state index in [1.807, 2.05) is 54.6 Å². The predicted molar refractivity (Wildman–Crippen MR) is 179 cm³/mol. The van der Waals surface area contributed by atoms with Gasteiger partial charge in [-0.3, -0.25) is 23.5 Å². The molecule has 14 heteroatoms. The number of amides is 2. The van der Waals surface area contributed by atoms with Gasteiger partial charge in [-0.25, -0.2) is 9.78 Å². The van der Waals surface area contributed by atoms with Crippen LogP contribution in [0, 0.1) is 0 Å². The molecule has 0 aliphatic carbocycles. The molecule has 0 spiro atoms. The number of anilines is 1. The van der Waals surface area contributed by atoms with Crippen molar-refractivity contribution in [2.75, 3.05) is 17.8 Å². The van der Waals surface area contributed by atoms with E-state index in [0.29, 0.717) is 10.8 Å². The molecule has 240 valence electrons. The van der Waals surface area contributed by atoms with Crippen LogP contribution in [-0.2, 0) is 42.0 Å². The number of hydrogen-bond donors (Lipinski definition) is 3. The number of hydrogen-bond acceptors (Lipinski definition) is 9. The Bertz CT molecular complexity index is 1830. The van der Waals surface area contributed by atoms with E-state index < -0.39 is 50.5 Å². The molecule has 4 heterocycles. The van der Waals surface area contributed by atoms with Crippen LogP contribution in [0.5, 0.6) is 0 Å². The van der Waals surface area contributed by atoms with Crippen LogP contribution < -0.4 is 10.6 Å². The number of nitrogens with one attached hydrogen (secondary N) is 2. The first-order chi connectivity index (χ1) is 22.8. The topological polar surface area (TPSA) is 141 Å². The lowest BCUT2D eigenvalue weighted by Crippen LogP contribution is -2.82. The Morgan fingerprint density at radius 2 is 1.57 bits per heavy atom. The van der Waals surface area contributed by atoms with Crippen molar-refractivity contribution in [3.05, 3.63) is 130 Å². The van der Waals surface area contributed by atoms with Crippen molar-refractivity contribution in [1.29, 1.82) is 0 Å². The molecule has 3 aromatic carbocycles. The van der Waals surface area contributed by atoms with Crippen molar-refractivity contribution >= 4 is 61.0 Å². The summed E-state index contributed by atoms with van der Waals surface area (Å²) in [6.07, 6.45) is -0.186. The van der Waals surface area contributed by atoms with Gasteiger partial charge in [-0.15, -0.1) is 16.4 Å². The summed E-state index contributed by atoms with van der Waals surface area (Å²) in [7, 11) is -0.468. The summed E-state index contributed by atoms with van der Waals surface area (Å²) in [6.45, 7) is 0. The minimum absolute atomic E-state index is 0.0520. The number of β-lactam (4-membered cyclic amide) rings is 1.